The molecule has 0 aliphatic carbocycles. The number of carbonyl (C=O) groups excluding carboxylic acids is 1. The summed E-state index contributed by atoms with van der Waals surface area (Å²) in [6, 6.07) is 0. The van der Waals surface area contributed by atoms with E-state index < -0.39 is 0 Å². The summed E-state index contributed by atoms with van der Waals surface area (Å²) in [5.41, 5.74) is 1.30. The molecule has 0 saturated heterocycles. The third kappa shape index (κ3) is 11.2. The minimum atomic E-state index is 0.00343. The van der Waals surface area contributed by atoms with Crippen molar-refractivity contribution in [3.63, 3.8) is 0 Å². The normalized spacial score (nSPS) is 11.5. The summed E-state index contributed by atoms with van der Waals surface area (Å²) in [4.78, 5) is 11.9. The second kappa shape index (κ2) is 18.7. The van der Waals surface area contributed by atoms with Crippen LogP contribution in [0.25, 0.3) is 0 Å². The number of rotatable bonds is 5. The van der Waals surface area contributed by atoms with E-state index in [-0.39, 0.29) is 5.78 Å². The van der Waals surface area contributed by atoms with Crippen LogP contribution in [-0.2, 0) is 4.79 Å². The Kier molecular flexibility index (Phi) is 22.2. The van der Waals surface area contributed by atoms with Gasteiger partial charge < -0.3 is 0 Å². The van der Waals surface area contributed by atoms with Crippen LogP contribution in [0.15, 0.2) is 60.3 Å². The topological polar surface area (TPSA) is 17.1 Å². The number of allylic oxidation sites excluding steroid dienone is 9. The molecule has 0 aromatic rings. The van der Waals surface area contributed by atoms with E-state index in [0.717, 1.165) is 0 Å². The summed E-state index contributed by atoms with van der Waals surface area (Å²) in [7, 11) is 0. The molecule has 0 bridgehead atoms. The Morgan fingerprint density at radius 3 is 1.74 bits per heavy atom. The van der Waals surface area contributed by atoms with E-state index in [9.17, 15) is 4.79 Å². The van der Waals surface area contributed by atoms with Crippen LogP contribution in [-0.4, -0.2) is 5.78 Å². The van der Waals surface area contributed by atoms with Crippen molar-refractivity contribution in [2.75, 3.05) is 0 Å². The summed E-state index contributed by atoms with van der Waals surface area (Å²) in [5.74, 6) is 0.00343. The van der Waals surface area contributed by atoms with Crippen LogP contribution < -0.4 is 0 Å². The van der Waals surface area contributed by atoms with E-state index in [0.29, 0.717) is 11.1 Å². The Morgan fingerprint density at radius 2 is 1.42 bits per heavy atom. The van der Waals surface area contributed by atoms with E-state index in [4.69, 9.17) is 0 Å². The van der Waals surface area contributed by atoms with Gasteiger partial charge in [0.15, 0.2) is 5.78 Å². The zero-order valence-corrected chi connectivity index (χ0v) is 13.7. The molecule has 0 N–H and O–H groups in total. The van der Waals surface area contributed by atoms with Crippen LogP contribution >= 0.6 is 0 Å². The highest BCUT2D eigenvalue weighted by molar-refractivity contribution is 6.11. The number of hydrogen-bond acceptors (Lipinski definition) is 1. The second-order valence-electron chi connectivity index (χ2n) is 2.93. The molecule has 1 nitrogen and oxygen atoms in total. The summed E-state index contributed by atoms with van der Waals surface area (Å²) >= 11 is 0. The van der Waals surface area contributed by atoms with Crippen molar-refractivity contribution >= 4 is 5.78 Å². The molecular formula is C18H30O. The smallest absolute Gasteiger partial charge is 0.192 e. The lowest BCUT2D eigenvalue weighted by molar-refractivity contribution is -0.111. The Labute approximate surface area is 120 Å². The van der Waals surface area contributed by atoms with Gasteiger partial charge in [0.1, 0.15) is 0 Å². The molecule has 0 aliphatic heterocycles. The van der Waals surface area contributed by atoms with Gasteiger partial charge in [-0.25, -0.2) is 0 Å². The van der Waals surface area contributed by atoms with Crippen molar-refractivity contribution < 1.29 is 4.79 Å². The molecule has 19 heavy (non-hydrogen) atoms. The maximum Gasteiger partial charge on any atom is 0.192 e. The van der Waals surface area contributed by atoms with Gasteiger partial charge in [-0.2, -0.15) is 0 Å². The highest BCUT2D eigenvalue weighted by Crippen LogP contribution is 2.09. The number of ketones is 1. The van der Waals surface area contributed by atoms with Crippen LogP contribution in [0.3, 0.4) is 0 Å². The minimum absolute atomic E-state index is 0.00343. The van der Waals surface area contributed by atoms with Crippen LogP contribution in [0.5, 0.6) is 0 Å². The highest BCUT2D eigenvalue weighted by atomic mass is 16.1. The first-order valence-corrected chi connectivity index (χ1v) is 7.00. The molecule has 0 atom stereocenters. The fourth-order valence-corrected chi connectivity index (χ4v) is 1.09. The van der Waals surface area contributed by atoms with E-state index >= 15 is 0 Å². The average Bonchev–Trinajstić information content (AvgIpc) is 2.49. The van der Waals surface area contributed by atoms with E-state index in [1.54, 1.807) is 24.3 Å². The molecule has 108 valence electrons. The lowest BCUT2D eigenvalue weighted by atomic mass is 10.0. The first-order chi connectivity index (χ1) is 9.21. The van der Waals surface area contributed by atoms with Gasteiger partial charge in [-0.05, 0) is 20.8 Å². The van der Waals surface area contributed by atoms with Gasteiger partial charge in [0.25, 0.3) is 0 Å². The van der Waals surface area contributed by atoms with Crippen molar-refractivity contribution in [1.82, 2.24) is 0 Å². The molecule has 0 fully saturated rings. The molecule has 0 rings (SSSR count). The molecule has 0 amide bonds. The monoisotopic (exact) mass is 262 g/mol. The van der Waals surface area contributed by atoms with Crippen LogP contribution in [0.2, 0.25) is 0 Å². The van der Waals surface area contributed by atoms with Gasteiger partial charge in [0.2, 0.25) is 0 Å². The third-order valence-corrected chi connectivity index (χ3v) is 1.87. The van der Waals surface area contributed by atoms with Gasteiger partial charge in [-0.3, -0.25) is 4.79 Å². The molecule has 0 heterocycles. The molecule has 0 radical (unpaired) electrons. The van der Waals surface area contributed by atoms with Gasteiger partial charge >= 0.3 is 0 Å². The minimum Gasteiger partial charge on any atom is -0.289 e. The summed E-state index contributed by atoms with van der Waals surface area (Å²) in [6.45, 7) is 17.3. The molecule has 0 aromatic carbocycles. The molecule has 1 heteroatoms. The Balaban J connectivity index is -0.000000579. The maximum atomic E-state index is 11.9. The third-order valence-electron chi connectivity index (χ3n) is 1.87. The lowest BCUT2D eigenvalue weighted by Gasteiger charge is -2.00. The fourth-order valence-electron chi connectivity index (χ4n) is 1.09. The van der Waals surface area contributed by atoms with E-state index in [1.807, 2.05) is 66.7 Å². The number of hydrogen-bond donors (Lipinski definition) is 0. The lowest BCUT2D eigenvalue weighted by Crippen LogP contribution is -2.02. The van der Waals surface area contributed by atoms with Crippen LogP contribution in [0.1, 0.15) is 48.5 Å². The van der Waals surface area contributed by atoms with Crippen molar-refractivity contribution in [1.29, 1.82) is 0 Å². The Bertz CT molecular complexity index is 339. The molecule has 0 unspecified atom stereocenters. The van der Waals surface area contributed by atoms with Gasteiger partial charge in [-0.1, -0.05) is 76.8 Å². The van der Waals surface area contributed by atoms with Crippen molar-refractivity contribution in [2.45, 2.75) is 48.5 Å². The molecule has 0 spiro atoms. The first kappa shape index (κ1) is 22.5. The summed E-state index contributed by atoms with van der Waals surface area (Å²) < 4.78 is 0. The predicted molar refractivity (Wildman–Crippen MR) is 89.4 cm³/mol. The van der Waals surface area contributed by atoms with Crippen molar-refractivity contribution in [3.05, 3.63) is 60.3 Å². The fraction of sp³-hybridized carbons (Fsp3) is 0.389. The number of Topliss-reactive ketones (excluding diaryl/α,β-unsaturated/α-hetero) is 1. The molecule has 0 saturated carbocycles. The SMILES string of the molecule is C=C/C(=C\C=C/C)C(=O)C(/C=C\C)=C/C.CC.CC. The number of carbonyl (C=O) groups is 1. The van der Waals surface area contributed by atoms with Gasteiger partial charge in [0, 0.05) is 11.1 Å². The zero-order valence-electron chi connectivity index (χ0n) is 13.7. The highest BCUT2D eigenvalue weighted by Gasteiger charge is 2.07. The Hall–Kier alpha value is -1.63. The van der Waals surface area contributed by atoms with E-state index in [2.05, 4.69) is 6.58 Å². The standard InChI is InChI=1S/C14H18O.2C2H6/c1-5-9-11-13(8-4)14(15)12(7-3)10-6-2;2*1-2/h5-11H,4H2,1-3H3;2*1-2H3/b9-5-,10-6-,12-7+,13-11+;;. The second-order valence-corrected chi connectivity index (χ2v) is 2.93. The maximum absolute atomic E-state index is 11.9. The van der Waals surface area contributed by atoms with Crippen LogP contribution in [0, 0.1) is 0 Å². The van der Waals surface area contributed by atoms with Crippen molar-refractivity contribution in [3.8, 4) is 0 Å². The van der Waals surface area contributed by atoms with Gasteiger partial charge in [-0.15, -0.1) is 0 Å². The summed E-state index contributed by atoms with van der Waals surface area (Å²) in [6.07, 6.45) is 12.5. The van der Waals surface area contributed by atoms with Crippen molar-refractivity contribution in [2.24, 2.45) is 0 Å². The predicted octanol–water partition coefficient (Wildman–Crippen LogP) is 5.82. The largest absolute Gasteiger partial charge is 0.289 e. The zero-order chi connectivity index (χ0) is 15.7. The van der Waals surface area contributed by atoms with Crippen LogP contribution in [0.4, 0.5) is 0 Å². The molecular weight excluding hydrogens is 232 g/mol. The average molecular weight is 262 g/mol. The molecule has 0 aromatic heterocycles. The Morgan fingerprint density at radius 1 is 0.895 bits per heavy atom. The van der Waals surface area contributed by atoms with Gasteiger partial charge in [0.05, 0.1) is 0 Å². The first-order valence-electron chi connectivity index (χ1n) is 7.00. The molecule has 0 aliphatic rings. The van der Waals surface area contributed by atoms with E-state index in [1.165, 1.54) is 0 Å². The summed E-state index contributed by atoms with van der Waals surface area (Å²) in [5, 5.41) is 0. The quantitative estimate of drug-likeness (QED) is 0.451.